The Labute approximate surface area is 131 Å². The molecule has 0 aromatic carbocycles. The maximum atomic E-state index is 3.75. The maximum Gasteiger partial charge on any atom is 0 e. The van der Waals surface area contributed by atoms with E-state index < -0.39 is 0 Å². The molecule has 1 unspecified atom stereocenters. The Morgan fingerprint density at radius 2 is 1.47 bits per heavy atom. The smallest absolute Gasteiger partial charge is 0 e. The molecule has 1 radical (unpaired) electrons. The Morgan fingerprint density at radius 3 is 1.73 bits per heavy atom. The molecule has 0 fully saturated rings. The Hall–Kier alpha value is 1.88. The van der Waals surface area contributed by atoms with Gasteiger partial charge in [0.15, 0.2) is 0 Å². The van der Waals surface area contributed by atoms with Crippen LogP contribution in [0.2, 0.25) is 0 Å². The van der Waals surface area contributed by atoms with Crippen molar-refractivity contribution < 1.29 is 32.7 Å². The van der Waals surface area contributed by atoms with Gasteiger partial charge in [-0.1, -0.05) is 39.8 Å². The van der Waals surface area contributed by atoms with Crippen LogP contribution in [0.4, 0.5) is 0 Å². The van der Waals surface area contributed by atoms with Crippen molar-refractivity contribution in [1.82, 2.24) is 0 Å². The molecular formula is C12H29PSY-2. The van der Waals surface area contributed by atoms with E-state index >= 15 is 0 Å². The summed E-state index contributed by atoms with van der Waals surface area (Å²) in [5.74, 6) is 2.33. The predicted octanol–water partition coefficient (Wildman–Crippen LogP) is 4.85. The van der Waals surface area contributed by atoms with Crippen LogP contribution < -0.4 is 0 Å². The molecule has 0 aromatic heterocycles. The van der Waals surface area contributed by atoms with Gasteiger partial charge in [-0.15, -0.1) is 15.0 Å². The van der Waals surface area contributed by atoms with E-state index in [2.05, 4.69) is 36.9 Å². The van der Waals surface area contributed by atoms with Crippen LogP contribution in [-0.4, -0.2) is 18.2 Å². The number of hydrogen-bond donors (Lipinski definition) is 0. The number of thioether (sulfide) groups is 1. The number of unbranched alkanes of at least 4 members (excludes halogenated alkanes) is 3. The van der Waals surface area contributed by atoms with E-state index in [4.69, 9.17) is 0 Å². The van der Waals surface area contributed by atoms with Crippen molar-refractivity contribution in [3.05, 3.63) is 13.8 Å². The Balaban J connectivity index is -0.0000000742. The van der Waals surface area contributed by atoms with Crippen LogP contribution >= 0.6 is 21.0 Å². The minimum Gasteiger partial charge on any atom is -0.343 e. The van der Waals surface area contributed by atoms with Crippen LogP contribution in [-0.2, 0) is 32.7 Å². The first kappa shape index (κ1) is 25.7. The second-order valence-corrected chi connectivity index (χ2v) is 3.90. The SMILES string of the molecule is CP.[CH2-]CCC.[CH2-]CSCCCCC.[Y]. The van der Waals surface area contributed by atoms with Crippen LogP contribution in [0.5, 0.6) is 0 Å². The summed E-state index contributed by atoms with van der Waals surface area (Å²) in [6, 6.07) is 0. The third-order valence-corrected chi connectivity index (χ3v) is 2.26. The summed E-state index contributed by atoms with van der Waals surface area (Å²) < 4.78 is 0. The monoisotopic (exact) mass is 325 g/mol. The Kier molecular flexibility index (Phi) is 61.6. The molecule has 0 nitrogen and oxygen atoms in total. The first-order valence-corrected chi connectivity index (χ1v) is 7.88. The topological polar surface area (TPSA) is 0 Å². The molecule has 15 heavy (non-hydrogen) atoms. The van der Waals surface area contributed by atoms with Gasteiger partial charge in [-0.25, -0.2) is 0 Å². The summed E-state index contributed by atoms with van der Waals surface area (Å²) >= 11 is 1.94. The van der Waals surface area contributed by atoms with Gasteiger partial charge in [0.2, 0.25) is 0 Å². The molecule has 0 spiro atoms. The fourth-order valence-corrected chi connectivity index (χ4v) is 1.17. The van der Waals surface area contributed by atoms with Crippen molar-refractivity contribution in [2.75, 3.05) is 18.2 Å². The fraction of sp³-hybridized carbons (Fsp3) is 0.833. The van der Waals surface area contributed by atoms with Crippen LogP contribution in [0.3, 0.4) is 0 Å². The van der Waals surface area contributed by atoms with Crippen molar-refractivity contribution in [3.8, 4) is 0 Å². The van der Waals surface area contributed by atoms with Gasteiger partial charge in [0, 0.05) is 32.7 Å². The van der Waals surface area contributed by atoms with Crippen LogP contribution in [0.25, 0.3) is 0 Å². The zero-order valence-corrected chi connectivity index (χ0v) is 15.7. The number of hydrogen-bond acceptors (Lipinski definition) is 1. The third kappa shape index (κ3) is 49.3. The van der Waals surface area contributed by atoms with Crippen molar-refractivity contribution >= 4 is 21.0 Å². The third-order valence-electron chi connectivity index (χ3n) is 1.39. The molecule has 0 aromatic rings. The molecule has 0 bridgehead atoms. The van der Waals surface area contributed by atoms with Gasteiger partial charge >= 0.3 is 0 Å². The molecule has 0 rings (SSSR count). The number of rotatable bonds is 6. The molecule has 0 saturated carbocycles. The molecule has 0 aliphatic carbocycles. The first-order chi connectivity index (χ1) is 6.83. The molecule has 0 heterocycles. The quantitative estimate of drug-likeness (QED) is 0.382. The van der Waals surface area contributed by atoms with E-state index in [0.717, 1.165) is 12.2 Å². The summed E-state index contributed by atoms with van der Waals surface area (Å²) in [5, 5.41) is 0. The summed E-state index contributed by atoms with van der Waals surface area (Å²) in [4.78, 5) is 0. The largest absolute Gasteiger partial charge is 0.343 e. The molecule has 0 aliphatic rings. The van der Waals surface area contributed by atoms with Crippen LogP contribution in [0.15, 0.2) is 0 Å². The molecule has 0 N–H and O–H groups in total. The van der Waals surface area contributed by atoms with Crippen molar-refractivity contribution in [2.24, 2.45) is 0 Å². The molecular weight excluding hydrogens is 296 g/mol. The summed E-state index contributed by atoms with van der Waals surface area (Å²) in [6.07, 6.45) is 6.36. The minimum atomic E-state index is 0. The first-order valence-electron chi connectivity index (χ1n) is 5.57. The van der Waals surface area contributed by atoms with E-state index in [-0.39, 0.29) is 32.7 Å². The van der Waals surface area contributed by atoms with Gasteiger partial charge in [-0.05, 0) is 12.2 Å². The van der Waals surface area contributed by atoms with E-state index in [1.54, 1.807) is 0 Å². The molecule has 0 aliphatic heterocycles. The van der Waals surface area contributed by atoms with Gasteiger partial charge in [0.1, 0.15) is 0 Å². The average Bonchev–Trinajstić information content (AvgIpc) is 2.28. The summed E-state index contributed by atoms with van der Waals surface area (Å²) in [6.45, 7) is 13.6. The minimum absolute atomic E-state index is 0. The molecule has 0 saturated heterocycles. The normalized spacial score (nSPS) is 7.60. The standard InChI is InChI=1S/C7H15S.C4H9.CH5P.Y/c1-3-5-6-7-8-4-2;1-3-4-2;1-2;/h2-7H2,1H3;1,3-4H2,2H3;2H2,1H3;/q2*-1;;. The summed E-state index contributed by atoms with van der Waals surface area (Å²) in [5.41, 5.74) is 0. The molecule has 1 atom stereocenters. The fourth-order valence-electron chi connectivity index (χ4n) is 0.556. The van der Waals surface area contributed by atoms with Crippen molar-refractivity contribution in [2.45, 2.75) is 46.0 Å². The van der Waals surface area contributed by atoms with E-state index in [9.17, 15) is 0 Å². The maximum absolute atomic E-state index is 3.75. The van der Waals surface area contributed by atoms with E-state index in [0.29, 0.717) is 0 Å². The van der Waals surface area contributed by atoms with Crippen molar-refractivity contribution in [3.63, 3.8) is 0 Å². The molecule has 93 valence electrons. The van der Waals surface area contributed by atoms with E-state index in [1.807, 2.05) is 18.4 Å². The Morgan fingerprint density at radius 1 is 1.00 bits per heavy atom. The predicted molar refractivity (Wildman–Crippen MR) is 78.1 cm³/mol. The van der Waals surface area contributed by atoms with Crippen LogP contribution in [0.1, 0.15) is 46.0 Å². The van der Waals surface area contributed by atoms with E-state index in [1.165, 1.54) is 31.4 Å². The average molecular weight is 325 g/mol. The second kappa shape index (κ2) is 36.0. The van der Waals surface area contributed by atoms with Gasteiger partial charge in [-0.2, -0.15) is 18.2 Å². The van der Waals surface area contributed by atoms with Crippen molar-refractivity contribution in [1.29, 1.82) is 0 Å². The molecule has 3 heteroatoms. The zero-order chi connectivity index (χ0) is 11.7. The summed E-state index contributed by atoms with van der Waals surface area (Å²) in [7, 11) is 2.42. The van der Waals surface area contributed by atoms with Gasteiger partial charge < -0.3 is 13.8 Å². The molecule has 0 amide bonds. The van der Waals surface area contributed by atoms with Gasteiger partial charge in [0.05, 0.1) is 0 Å². The second-order valence-electron chi connectivity index (χ2n) is 2.67. The van der Waals surface area contributed by atoms with Crippen LogP contribution in [0, 0.1) is 13.8 Å². The Bertz CT molecular complexity index is 55.6. The zero-order valence-electron chi connectivity index (χ0n) is 10.9. The van der Waals surface area contributed by atoms with Gasteiger partial charge in [0.25, 0.3) is 0 Å². The van der Waals surface area contributed by atoms with Gasteiger partial charge in [-0.3, -0.25) is 0 Å².